The minimum atomic E-state index is -1.27. The molecule has 0 rings (SSSR count). The summed E-state index contributed by atoms with van der Waals surface area (Å²) in [7, 11) is 0. The van der Waals surface area contributed by atoms with Gasteiger partial charge in [-0.1, -0.05) is 17.8 Å². The lowest BCUT2D eigenvalue weighted by atomic mass is 10.4. The first-order valence-corrected chi connectivity index (χ1v) is 11.9. The number of carbonyl (C=O) groups is 3. The summed E-state index contributed by atoms with van der Waals surface area (Å²) >= 11 is 0. The van der Waals surface area contributed by atoms with Gasteiger partial charge in [0.1, 0.15) is 13.2 Å². The fourth-order valence-corrected chi connectivity index (χ4v) is 1.70. The lowest BCUT2D eigenvalue weighted by Gasteiger charge is -2.15. The lowest BCUT2D eigenvalue weighted by molar-refractivity contribution is -0.158. The molecule has 0 heterocycles. The van der Waals surface area contributed by atoms with Crippen molar-refractivity contribution in [1.82, 2.24) is 0 Å². The average molecular weight is 579 g/mol. The summed E-state index contributed by atoms with van der Waals surface area (Å²) in [6, 6.07) is 0. The predicted octanol–water partition coefficient (Wildman–Crippen LogP) is 0.0953. The second-order valence-corrected chi connectivity index (χ2v) is 6.35. The number of ether oxygens (including phenoxy) is 3. The van der Waals surface area contributed by atoms with Gasteiger partial charge >= 0.3 is 17.9 Å². The molecule has 0 fully saturated rings. The van der Waals surface area contributed by atoms with Crippen LogP contribution in [0.4, 0.5) is 0 Å². The maximum atomic E-state index is 12.1. The minimum Gasteiger partial charge on any atom is -0.452 e. The molecule has 0 bridgehead atoms. The topological polar surface area (TPSA) is 78.9 Å². The molecule has 45 heavy (non-hydrogen) atoms. The molecule has 0 spiro atoms. The summed E-state index contributed by atoms with van der Waals surface area (Å²) in [6.45, 7) is 3.81. The standard InChI is InChI=1S/C39H14O6/c1-4-7-10-13-16-19-22-25-28-31-37(40)43-34-36(45-39(42)33-30-27-24-21-18-15-12-9-6-3)35-44-38(41)32-29-26-23-20-17-14-11-8-5-2/h36H,34-35H2,1-3H3. The van der Waals surface area contributed by atoms with E-state index in [1.807, 2.05) is 0 Å². The van der Waals surface area contributed by atoms with Crippen LogP contribution in [0.3, 0.4) is 0 Å². The smallest absolute Gasteiger partial charge is 0.385 e. The molecule has 0 unspecified atom stereocenters. The zero-order valence-electron chi connectivity index (χ0n) is 23.9. The Balaban J connectivity index is 5.39. The number of hydrogen-bond donors (Lipinski definition) is 0. The molecule has 0 aromatic rings. The van der Waals surface area contributed by atoms with Crippen molar-refractivity contribution < 1.29 is 28.6 Å². The molecule has 206 valence electrons. The van der Waals surface area contributed by atoms with E-state index in [2.05, 4.69) is 178 Å². The Morgan fingerprint density at radius 2 is 0.622 bits per heavy atom. The van der Waals surface area contributed by atoms with Gasteiger partial charge in [0.05, 0.1) is 0 Å². The molecule has 0 atom stereocenters. The molecule has 0 aromatic heterocycles. The van der Waals surface area contributed by atoms with Crippen molar-refractivity contribution in [3.05, 3.63) is 0 Å². The second kappa shape index (κ2) is 28.8. The summed E-state index contributed by atoms with van der Waals surface area (Å²) in [5.74, 6) is 68.4. The van der Waals surface area contributed by atoms with Gasteiger partial charge in [-0.25, -0.2) is 14.4 Å². The van der Waals surface area contributed by atoms with E-state index in [0.717, 1.165) is 0 Å². The number of hydrogen-bond acceptors (Lipinski definition) is 6. The Kier molecular flexibility index (Phi) is 23.6. The van der Waals surface area contributed by atoms with Gasteiger partial charge in [0.15, 0.2) is 6.10 Å². The van der Waals surface area contributed by atoms with Crippen molar-refractivity contribution in [3.8, 4) is 178 Å². The van der Waals surface area contributed by atoms with Gasteiger partial charge in [-0.05, 0) is 163 Å². The quantitative estimate of drug-likeness (QED) is 0.199. The Labute approximate surface area is 263 Å². The van der Waals surface area contributed by atoms with Crippen LogP contribution in [0.25, 0.3) is 0 Å². The number of carbonyl (C=O) groups excluding carboxylic acids is 3. The average Bonchev–Trinajstić information content (AvgIpc) is 3.03. The molecule has 0 radical (unpaired) electrons. The van der Waals surface area contributed by atoms with Crippen LogP contribution in [0, 0.1) is 178 Å². The summed E-state index contributed by atoms with van der Waals surface area (Å²) in [6.07, 6.45) is -1.27. The second-order valence-electron chi connectivity index (χ2n) is 6.35. The summed E-state index contributed by atoms with van der Waals surface area (Å²) in [4.78, 5) is 35.9. The number of rotatable bonds is 5. The highest BCUT2D eigenvalue weighted by atomic mass is 16.6. The Bertz CT molecular complexity index is 2050. The van der Waals surface area contributed by atoms with Gasteiger partial charge in [0.25, 0.3) is 0 Å². The first-order valence-electron chi connectivity index (χ1n) is 11.9. The lowest BCUT2D eigenvalue weighted by Crippen LogP contribution is -2.30. The third-order valence-corrected chi connectivity index (χ3v) is 3.26. The van der Waals surface area contributed by atoms with E-state index in [1.54, 1.807) is 20.8 Å². The van der Waals surface area contributed by atoms with E-state index in [-0.39, 0.29) is 0 Å². The van der Waals surface area contributed by atoms with Gasteiger partial charge in [-0.15, -0.1) is 0 Å². The molecule has 0 N–H and O–H groups in total. The summed E-state index contributed by atoms with van der Waals surface area (Å²) in [5.41, 5.74) is 0. The molecular formula is C39H14O6. The van der Waals surface area contributed by atoms with Crippen molar-refractivity contribution in [2.45, 2.75) is 26.9 Å². The third-order valence-electron chi connectivity index (χ3n) is 3.26. The van der Waals surface area contributed by atoms with Crippen LogP contribution in [-0.2, 0) is 28.6 Å². The molecule has 0 aliphatic rings. The molecule has 0 aliphatic carbocycles. The van der Waals surface area contributed by atoms with Crippen molar-refractivity contribution in [2.75, 3.05) is 13.2 Å². The van der Waals surface area contributed by atoms with Gasteiger partial charge in [-0.2, -0.15) is 0 Å². The monoisotopic (exact) mass is 578 g/mol. The first kappa shape index (κ1) is 36.8. The van der Waals surface area contributed by atoms with E-state index in [9.17, 15) is 14.4 Å². The normalized spacial score (nSPS) is 5.87. The Hall–Kier alpha value is -8.19. The van der Waals surface area contributed by atoms with E-state index in [1.165, 1.54) is 0 Å². The van der Waals surface area contributed by atoms with Crippen LogP contribution in [0.5, 0.6) is 0 Å². The largest absolute Gasteiger partial charge is 0.452 e. The SMILES string of the molecule is CC#CC#CC#CC#CC#CC(=O)OCC(COC(=O)C#CC#CC#CC#CC#CC)OC(=O)C#CC#CC#CC#CC#CC. The van der Waals surface area contributed by atoms with E-state index in [4.69, 9.17) is 14.2 Å². The van der Waals surface area contributed by atoms with Crippen LogP contribution in [0.2, 0.25) is 0 Å². The van der Waals surface area contributed by atoms with Crippen LogP contribution in [0.1, 0.15) is 20.8 Å². The maximum absolute atomic E-state index is 12.1. The molecule has 0 amide bonds. The van der Waals surface area contributed by atoms with Crippen LogP contribution in [-0.4, -0.2) is 37.2 Å². The predicted molar refractivity (Wildman–Crippen MR) is 165 cm³/mol. The van der Waals surface area contributed by atoms with Crippen molar-refractivity contribution in [3.63, 3.8) is 0 Å². The van der Waals surface area contributed by atoms with Crippen LogP contribution >= 0.6 is 0 Å². The fourth-order valence-electron chi connectivity index (χ4n) is 1.70. The zero-order chi connectivity index (χ0) is 33.1. The van der Waals surface area contributed by atoms with Gasteiger partial charge in [0, 0.05) is 17.8 Å². The summed E-state index contributed by atoms with van der Waals surface area (Å²) < 4.78 is 14.9. The van der Waals surface area contributed by atoms with Gasteiger partial charge in [0.2, 0.25) is 0 Å². The van der Waals surface area contributed by atoms with Crippen molar-refractivity contribution in [1.29, 1.82) is 0 Å². The maximum Gasteiger partial charge on any atom is 0.385 e. The van der Waals surface area contributed by atoms with E-state index < -0.39 is 37.2 Å². The van der Waals surface area contributed by atoms with Gasteiger partial charge in [-0.3, -0.25) is 0 Å². The van der Waals surface area contributed by atoms with Crippen LogP contribution < -0.4 is 0 Å². The first-order chi connectivity index (χ1) is 22.0. The van der Waals surface area contributed by atoms with Crippen molar-refractivity contribution in [2.24, 2.45) is 0 Å². The summed E-state index contributed by atoms with van der Waals surface area (Å²) in [5, 5.41) is 0. The molecule has 6 heteroatoms. The minimum absolute atomic E-state index is 0.543. The molecule has 0 saturated carbocycles. The highest BCUT2D eigenvalue weighted by Gasteiger charge is 2.18. The van der Waals surface area contributed by atoms with E-state index in [0.29, 0.717) is 0 Å². The number of esters is 3. The molecular weight excluding hydrogens is 564 g/mol. The van der Waals surface area contributed by atoms with Crippen LogP contribution in [0.15, 0.2) is 0 Å². The van der Waals surface area contributed by atoms with E-state index >= 15 is 0 Å². The molecule has 0 aromatic carbocycles. The Morgan fingerprint density at radius 3 is 0.911 bits per heavy atom. The molecule has 6 nitrogen and oxygen atoms in total. The third kappa shape index (κ3) is 27.2. The zero-order valence-corrected chi connectivity index (χ0v) is 23.9. The highest BCUT2D eigenvalue weighted by Crippen LogP contribution is 1.97. The Morgan fingerprint density at radius 1 is 0.378 bits per heavy atom. The van der Waals surface area contributed by atoms with Gasteiger partial charge < -0.3 is 14.2 Å². The highest BCUT2D eigenvalue weighted by molar-refractivity contribution is 5.90. The fraction of sp³-hybridized carbons (Fsp3) is 0.154. The van der Waals surface area contributed by atoms with Crippen molar-refractivity contribution >= 4 is 17.9 Å². The molecule has 0 aliphatic heterocycles. The molecule has 0 saturated heterocycles.